The van der Waals surface area contributed by atoms with Gasteiger partial charge >= 0.3 is 0 Å². The van der Waals surface area contributed by atoms with Gasteiger partial charge in [0.2, 0.25) is 0 Å². The van der Waals surface area contributed by atoms with Crippen LogP contribution in [-0.4, -0.2) is 15.5 Å². The summed E-state index contributed by atoms with van der Waals surface area (Å²) in [4.78, 5) is 0. The molecule has 0 aliphatic carbocycles. The Morgan fingerprint density at radius 2 is 2.14 bits per heavy atom. The first-order valence-corrected chi connectivity index (χ1v) is 5.18. The smallest absolute Gasteiger partial charge is 0.0806 e. The molecule has 1 unspecified atom stereocenters. The molecule has 14 heavy (non-hydrogen) atoms. The lowest BCUT2D eigenvalue weighted by Crippen LogP contribution is -2.23. The Morgan fingerprint density at radius 1 is 1.43 bits per heavy atom. The highest BCUT2D eigenvalue weighted by atomic mass is 32.1. The van der Waals surface area contributed by atoms with Crippen molar-refractivity contribution in [3.05, 3.63) is 35.9 Å². The number of hydrazone groups is 1. The zero-order valence-corrected chi connectivity index (χ0v) is 9.09. The van der Waals surface area contributed by atoms with Crippen LogP contribution < -0.4 is 0 Å². The van der Waals surface area contributed by atoms with E-state index in [0.717, 1.165) is 6.42 Å². The van der Waals surface area contributed by atoms with E-state index in [-0.39, 0.29) is 6.04 Å². The first kappa shape index (κ1) is 9.55. The molecule has 72 valence electrons. The molecule has 1 heterocycles. The van der Waals surface area contributed by atoms with E-state index in [2.05, 4.69) is 17.2 Å². The van der Waals surface area contributed by atoms with Crippen LogP contribution >= 0.6 is 12.2 Å². The zero-order valence-electron chi connectivity index (χ0n) is 7.46. The third-order valence-corrected chi connectivity index (χ3v) is 2.58. The fourth-order valence-electron chi connectivity index (χ4n) is 1.54. The van der Waals surface area contributed by atoms with Crippen molar-refractivity contribution in [2.45, 2.75) is 12.5 Å². The molecule has 0 aromatic heterocycles. The molecule has 0 amide bonds. The van der Waals surface area contributed by atoms with Crippen molar-refractivity contribution in [3.8, 4) is 0 Å². The Labute approximate surface area is 94.0 Å². The molecule has 1 atom stereocenters. The predicted octanol–water partition coefficient (Wildman–Crippen LogP) is 2.25. The summed E-state index contributed by atoms with van der Waals surface area (Å²) in [5, 5.41) is 5.88. The Kier molecular flexibility index (Phi) is 2.74. The van der Waals surface area contributed by atoms with E-state index < -0.39 is 0 Å². The van der Waals surface area contributed by atoms with Crippen molar-refractivity contribution in [1.29, 1.82) is 0 Å². The summed E-state index contributed by atoms with van der Waals surface area (Å²) in [6, 6.07) is 10.4. The van der Waals surface area contributed by atoms with Gasteiger partial charge in [-0.15, -0.1) is 0 Å². The maximum Gasteiger partial charge on any atom is 0.0806 e. The van der Waals surface area contributed by atoms with Crippen LogP contribution in [0.15, 0.2) is 35.4 Å². The summed E-state index contributed by atoms with van der Waals surface area (Å²) in [7, 11) is 0. The van der Waals surface area contributed by atoms with Crippen LogP contribution in [0, 0.1) is 0 Å². The summed E-state index contributed by atoms with van der Waals surface area (Å²) in [5.74, 6) is 0. The molecule has 0 radical (unpaired) electrons. The summed E-state index contributed by atoms with van der Waals surface area (Å²) >= 11 is 9.92. The number of thiocarbonyl (C=S) groups is 1. The average molecular weight is 221 g/mol. The van der Waals surface area contributed by atoms with Gasteiger partial charge < -0.3 is 24.8 Å². The molecule has 0 spiro atoms. The maximum atomic E-state index is 4.96. The van der Waals surface area contributed by atoms with E-state index in [1.165, 1.54) is 5.56 Å². The highest BCUT2D eigenvalue weighted by Crippen LogP contribution is 2.27. The molecule has 0 N–H and O–H groups in total. The first-order valence-electron chi connectivity index (χ1n) is 4.36. The van der Waals surface area contributed by atoms with Gasteiger partial charge in [-0.3, -0.25) is 5.01 Å². The SMILES string of the molecule is S=C([S-])N1N=CCC1c1ccccc1. The topological polar surface area (TPSA) is 15.6 Å². The third kappa shape index (κ3) is 1.76. The standard InChI is InChI=1S/C10H10N2S2/c13-10(14)12-9(6-7-11-12)8-4-2-1-3-5-8/h1-5,7,9H,6H2,(H,13,14)/p-1. The van der Waals surface area contributed by atoms with E-state index in [4.69, 9.17) is 24.8 Å². The van der Waals surface area contributed by atoms with Crippen molar-refractivity contribution in [3.63, 3.8) is 0 Å². The number of hydrogen-bond acceptors (Lipinski definition) is 3. The minimum atomic E-state index is 0.196. The Hall–Kier alpha value is -1.00. The summed E-state index contributed by atoms with van der Waals surface area (Å²) in [6.07, 6.45) is 2.73. The maximum absolute atomic E-state index is 4.96. The number of nitrogens with zero attached hydrogens (tertiary/aromatic N) is 2. The van der Waals surface area contributed by atoms with Crippen LogP contribution in [0.1, 0.15) is 18.0 Å². The van der Waals surface area contributed by atoms with Crippen molar-refractivity contribution < 1.29 is 0 Å². The van der Waals surface area contributed by atoms with E-state index in [0.29, 0.717) is 4.32 Å². The normalized spacial score (nSPS) is 20.0. The quantitative estimate of drug-likeness (QED) is 0.534. The lowest BCUT2D eigenvalue weighted by atomic mass is 10.1. The molecule has 1 aromatic carbocycles. The van der Waals surface area contributed by atoms with Crippen LogP contribution in [0.5, 0.6) is 0 Å². The van der Waals surface area contributed by atoms with Gasteiger partial charge in [0.25, 0.3) is 0 Å². The van der Waals surface area contributed by atoms with Crippen LogP contribution in [-0.2, 0) is 12.6 Å². The van der Waals surface area contributed by atoms with Crippen molar-refractivity contribution >= 4 is 35.4 Å². The molecule has 0 bridgehead atoms. The summed E-state index contributed by atoms with van der Waals surface area (Å²) < 4.78 is 0.410. The second-order valence-corrected chi connectivity index (χ2v) is 4.10. The summed E-state index contributed by atoms with van der Waals surface area (Å²) in [5.41, 5.74) is 1.21. The van der Waals surface area contributed by atoms with E-state index in [1.807, 2.05) is 24.4 Å². The molecule has 1 aliphatic heterocycles. The highest BCUT2D eigenvalue weighted by molar-refractivity contribution is 8.00. The summed E-state index contributed by atoms with van der Waals surface area (Å²) in [6.45, 7) is 0. The molecular formula is C10H9N2S2-. The second-order valence-electron chi connectivity index (χ2n) is 3.07. The molecule has 2 rings (SSSR count). The Bertz CT molecular complexity index is 362. The van der Waals surface area contributed by atoms with Gasteiger partial charge in [-0.1, -0.05) is 30.3 Å². The van der Waals surface area contributed by atoms with Gasteiger partial charge in [0.15, 0.2) is 0 Å². The fourth-order valence-corrected chi connectivity index (χ4v) is 1.89. The molecule has 0 saturated heterocycles. The lowest BCUT2D eigenvalue weighted by Gasteiger charge is -2.27. The number of rotatable bonds is 1. The zero-order chi connectivity index (χ0) is 9.97. The Morgan fingerprint density at radius 3 is 2.79 bits per heavy atom. The number of hydrogen-bond donors (Lipinski definition) is 0. The molecule has 2 nitrogen and oxygen atoms in total. The first-order chi connectivity index (χ1) is 6.79. The van der Waals surface area contributed by atoms with Gasteiger partial charge in [0, 0.05) is 12.6 Å². The molecule has 0 fully saturated rings. The van der Waals surface area contributed by atoms with Crippen molar-refractivity contribution in [2.24, 2.45) is 5.10 Å². The van der Waals surface area contributed by atoms with Crippen molar-refractivity contribution in [2.75, 3.05) is 0 Å². The van der Waals surface area contributed by atoms with Gasteiger partial charge in [0.1, 0.15) is 0 Å². The predicted molar refractivity (Wildman–Crippen MR) is 64.1 cm³/mol. The third-order valence-electron chi connectivity index (χ3n) is 2.20. The van der Waals surface area contributed by atoms with Crippen LogP contribution in [0.4, 0.5) is 0 Å². The average Bonchev–Trinajstić information content (AvgIpc) is 2.67. The van der Waals surface area contributed by atoms with E-state index in [1.54, 1.807) is 5.01 Å². The van der Waals surface area contributed by atoms with Crippen molar-refractivity contribution in [1.82, 2.24) is 5.01 Å². The van der Waals surface area contributed by atoms with E-state index in [9.17, 15) is 0 Å². The molecule has 1 aromatic rings. The second kappa shape index (κ2) is 4.02. The fraction of sp³-hybridized carbons (Fsp3) is 0.200. The van der Waals surface area contributed by atoms with Crippen LogP contribution in [0.3, 0.4) is 0 Å². The monoisotopic (exact) mass is 221 g/mol. The van der Waals surface area contributed by atoms with Gasteiger partial charge in [-0.25, -0.2) is 0 Å². The molecule has 4 heteroatoms. The molecular weight excluding hydrogens is 212 g/mol. The highest BCUT2D eigenvalue weighted by Gasteiger charge is 2.20. The van der Waals surface area contributed by atoms with Gasteiger partial charge in [-0.2, -0.15) is 5.10 Å². The van der Waals surface area contributed by atoms with Crippen LogP contribution in [0.2, 0.25) is 0 Å². The Balaban J connectivity index is 2.24. The largest absolute Gasteiger partial charge is 0.409 e. The minimum absolute atomic E-state index is 0.196. The lowest BCUT2D eigenvalue weighted by molar-refractivity contribution is 0.383. The van der Waals surface area contributed by atoms with Gasteiger partial charge in [-0.05, 0) is 9.88 Å². The van der Waals surface area contributed by atoms with Crippen LogP contribution in [0.25, 0.3) is 0 Å². The van der Waals surface area contributed by atoms with Gasteiger partial charge in [0.05, 0.1) is 6.04 Å². The number of benzene rings is 1. The minimum Gasteiger partial charge on any atom is -0.409 e. The van der Waals surface area contributed by atoms with E-state index >= 15 is 0 Å². The molecule has 0 saturated carbocycles. The molecule has 1 aliphatic rings.